The number of phenols is 1. The maximum Gasteiger partial charge on any atom is 0.411 e. The Labute approximate surface area is 231 Å². The van der Waals surface area contributed by atoms with Gasteiger partial charge in [-0.05, 0) is 78.4 Å². The number of carbonyl (C=O) groups excluding carboxylic acids is 3. The molecule has 2 amide bonds. The summed E-state index contributed by atoms with van der Waals surface area (Å²) < 4.78 is 89.1. The van der Waals surface area contributed by atoms with Gasteiger partial charge in [0.05, 0.1) is 16.8 Å². The van der Waals surface area contributed by atoms with Crippen molar-refractivity contribution in [2.75, 3.05) is 4.90 Å². The van der Waals surface area contributed by atoms with Crippen LogP contribution in [0.5, 0.6) is 5.75 Å². The van der Waals surface area contributed by atoms with Crippen LogP contribution in [0.3, 0.4) is 0 Å². The molecular weight excluding hydrogens is 552 g/mol. The van der Waals surface area contributed by atoms with E-state index in [4.69, 9.17) is 0 Å². The minimum atomic E-state index is -5.96. The van der Waals surface area contributed by atoms with E-state index in [0.29, 0.717) is 41.1 Å². The first-order valence-electron chi connectivity index (χ1n) is 12.6. The Morgan fingerprint density at radius 3 is 1.90 bits per heavy atom. The number of carbonyl (C=O) groups is 3. The summed E-state index contributed by atoms with van der Waals surface area (Å²) in [5, 5.41) is 9.50. The van der Waals surface area contributed by atoms with Gasteiger partial charge in [0, 0.05) is 5.56 Å². The van der Waals surface area contributed by atoms with Crippen molar-refractivity contribution in [1.82, 2.24) is 0 Å². The zero-order chi connectivity index (χ0) is 30.5. The van der Waals surface area contributed by atoms with Crippen LogP contribution < -0.4 is 4.90 Å². The number of hydrogen-bond donors (Lipinski definition) is 1. The zero-order valence-corrected chi connectivity index (χ0v) is 22.2. The van der Waals surface area contributed by atoms with Crippen molar-refractivity contribution in [3.05, 3.63) is 94.0 Å². The Morgan fingerprint density at radius 2 is 1.37 bits per heavy atom. The van der Waals surface area contributed by atoms with Gasteiger partial charge in [-0.15, -0.1) is 0 Å². The summed E-state index contributed by atoms with van der Waals surface area (Å²) in [6.45, 7) is 4.78. The number of hydrogen-bond acceptors (Lipinski definition) is 4. The van der Waals surface area contributed by atoms with Crippen LogP contribution in [0.25, 0.3) is 0 Å². The molecular formula is C30H25F6NO4. The monoisotopic (exact) mass is 577 g/mol. The quantitative estimate of drug-likeness (QED) is 0.181. The lowest BCUT2D eigenvalue weighted by atomic mass is 9.71. The molecule has 1 aliphatic rings. The molecule has 0 fully saturated rings. The minimum Gasteiger partial charge on any atom is -0.508 e. The summed E-state index contributed by atoms with van der Waals surface area (Å²) >= 11 is 0. The molecule has 41 heavy (non-hydrogen) atoms. The third-order valence-corrected chi connectivity index (χ3v) is 7.47. The van der Waals surface area contributed by atoms with Crippen LogP contribution in [0.2, 0.25) is 0 Å². The molecule has 0 saturated carbocycles. The minimum absolute atomic E-state index is 0.0192. The number of amides is 2. The van der Waals surface area contributed by atoms with Crippen molar-refractivity contribution in [3.63, 3.8) is 0 Å². The third kappa shape index (κ3) is 4.87. The highest BCUT2D eigenvalue weighted by atomic mass is 19.4. The fourth-order valence-corrected chi connectivity index (χ4v) is 5.13. The van der Waals surface area contributed by atoms with E-state index in [9.17, 15) is 45.8 Å². The van der Waals surface area contributed by atoms with Gasteiger partial charge in [0.2, 0.25) is 5.41 Å². The molecule has 11 heteroatoms. The lowest BCUT2D eigenvalue weighted by Gasteiger charge is -2.38. The average Bonchev–Trinajstić information content (AvgIpc) is 3.13. The Morgan fingerprint density at radius 1 is 0.829 bits per heavy atom. The molecule has 1 heterocycles. The summed E-state index contributed by atoms with van der Waals surface area (Å²) in [5.74, 6) is -2.93. The molecule has 1 atom stereocenters. The van der Waals surface area contributed by atoms with Crippen LogP contribution in [0.15, 0.2) is 60.7 Å². The number of phenolic OH excluding ortho intramolecular Hbond substituents is 1. The van der Waals surface area contributed by atoms with Crippen molar-refractivity contribution in [3.8, 4) is 5.75 Å². The van der Waals surface area contributed by atoms with Gasteiger partial charge in [-0.25, -0.2) is 4.90 Å². The first-order valence-corrected chi connectivity index (χ1v) is 12.6. The number of halogens is 6. The fourth-order valence-electron chi connectivity index (χ4n) is 5.13. The van der Waals surface area contributed by atoms with E-state index in [1.807, 2.05) is 13.8 Å². The Kier molecular flexibility index (Phi) is 7.53. The molecule has 1 N–H and O–H groups in total. The van der Waals surface area contributed by atoms with Gasteiger partial charge in [0.15, 0.2) is 5.78 Å². The van der Waals surface area contributed by atoms with E-state index in [1.165, 1.54) is 24.3 Å². The molecule has 0 spiro atoms. The van der Waals surface area contributed by atoms with Crippen molar-refractivity contribution in [1.29, 1.82) is 0 Å². The van der Waals surface area contributed by atoms with Crippen molar-refractivity contribution < 1.29 is 45.8 Å². The Balaban J connectivity index is 1.96. The molecule has 4 rings (SSSR count). The van der Waals surface area contributed by atoms with E-state index in [1.54, 1.807) is 0 Å². The fraction of sp³-hybridized carbons (Fsp3) is 0.300. The number of Topliss-reactive ketones (excluding diaryl/α,β-unsaturated/α-hetero) is 1. The van der Waals surface area contributed by atoms with E-state index in [2.05, 4.69) is 0 Å². The Bertz CT molecular complexity index is 1510. The van der Waals surface area contributed by atoms with Crippen molar-refractivity contribution >= 4 is 23.3 Å². The standard InChI is InChI=1S/C30H25F6NO4/c1-4-16(2)13-18-5-6-19(14-24(18)17(3)38)28(29(31,32)33,30(34,35)36)20-7-12-23-25(15-20)27(41)37(26(23)40)21-8-10-22(39)11-9-21/h5-12,14-16,39H,4,13H2,1-3H3. The molecule has 0 saturated heterocycles. The molecule has 3 aromatic carbocycles. The van der Waals surface area contributed by atoms with Crippen LogP contribution in [-0.2, 0) is 11.8 Å². The average molecular weight is 578 g/mol. The summed E-state index contributed by atoms with van der Waals surface area (Å²) in [7, 11) is 0. The van der Waals surface area contributed by atoms with Gasteiger partial charge in [-0.1, -0.05) is 38.5 Å². The topological polar surface area (TPSA) is 74.7 Å². The number of fused-ring (bicyclic) bond motifs is 1. The van der Waals surface area contributed by atoms with E-state index < -0.39 is 52.1 Å². The molecule has 5 nitrogen and oxygen atoms in total. The second kappa shape index (κ2) is 10.4. The maximum atomic E-state index is 14.9. The van der Waals surface area contributed by atoms with Crippen LogP contribution in [0, 0.1) is 5.92 Å². The third-order valence-electron chi connectivity index (χ3n) is 7.47. The number of alkyl halides is 6. The van der Waals surface area contributed by atoms with E-state index in [0.717, 1.165) is 19.1 Å². The highest BCUT2D eigenvalue weighted by Gasteiger charge is 2.72. The number of ketones is 1. The van der Waals surface area contributed by atoms with Crippen LogP contribution >= 0.6 is 0 Å². The first kappa shape index (κ1) is 29.8. The summed E-state index contributed by atoms with van der Waals surface area (Å²) in [6.07, 6.45) is -11.0. The smallest absolute Gasteiger partial charge is 0.411 e. The second-order valence-corrected chi connectivity index (χ2v) is 10.1. The molecule has 1 aliphatic heterocycles. The molecule has 0 radical (unpaired) electrons. The predicted molar refractivity (Wildman–Crippen MR) is 138 cm³/mol. The number of aromatic hydroxyl groups is 1. The largest absolute Gasteiger partial charge is 0.508 e. The maximum absolute atomic E-state index is 14.9. The van der Waals surface area contributed by atoms with Gasteiger partial charge in [-0.2, -0.15) is 26.3 Å². The zero-order valence-electron chi connectivity index (χ0n) is 22.2. The normalized spacial score (nSPS) is 14.8. The van der Waals surface area contributed by atoms with Crippen molar-refractivity contribution in [2.45, 2.75) is 51.4 Å². The van der Waals surface area contributed by atoms with Crippen molar-refractivity contribution in [2.24, 2.45) is 5.92 Å². The molecule has 216 valence electrons. The number of nitrogens with zero attached hydrogens (tertiary/aromatic N) is 1. The van der Waals surface area contributed by atoms with Gasteiger partial charge in [0.1, 0.15) is 5.75 Å². The summed E-state index contributed by atoms with van der Waals surface area (Å²) in [4.78, 5) is 39.1. The predicted octanol–water partition coefficient (Wildman–Crippen LogP) is 7.39. The van der Waals surface area contributed by atoms with Gasteiger partial charge < -0.3 is 5.11 Å². The second-order valence-electron chi connectivity index (χ2n) is 10.1. The lowest BCUT2D eigenvalue weighted by Crippen LogP contribution is -2.55. The lowest BCUT2D eigenvalue weighted by molar-refractivity contribution is -0.288. The molecule has 3 aromatic rings. The van der Waals surface area contributed by atoms with Crippen LogP contribution in [0.4, 0.5) is 32.0 Å². The number of benzene rings is 3. The van der Waals surface area contributed by atoms with Gasteiger partial charge >= 0.3 is 12.4 Å². The summed E-state index contributed by atoms with van der Waals surface area (Å²) in [5.41, 5.74) is -8.16. The number of imide groups is 1. The molecule has 1 unspecified atom stereocenters. The van der Waals surface area contributed by atoms with Crippen LogP contribution in [-0.4, -0.2) is 35.1 Å². The Hall–Kier alpha value is -4.15. The van der Waals surface area contributed by atoms with Gasteiger partial charge in [0.25, 0.3) is 11.8 Å². The molecule has 0 aromatic heterocycles. The summed E-state index contributed by atoms with van der Waals surface area (Å²) in [6, 6.07) is 8.94. The van der Waals surface area contributed by atoms with Crippen LogP contribution in [0.1, 0.15) is 75.0 Å². The highest BCUT2D eigenvalue weighted by molar-refractivity contribution is 6.34. The SMILES string of the molecule is CCC(C)Cc1ccc(C(c2ccc3c(c2)C(=O)N(c2ccc(O)cc2)C3=O)(C(F)(F)F)C(F)(F)F)cc1C(C)=O. The molecule has 0 aliphatic carbocycles. The number of anilines is 1. The highest BCUT2D eigenvalue weighted by Crippen LogP contribution is 2.57. The number of rotatable bonds is 7. The van der Waals surface area contributed by atoms with E-state index in [-0.39, 0.29) is 34.9 Å². The van der Waals surface area contributed by atoms with E-state index >= 15 is 0 Å². The van der Waals surface area contributed by atoms with Gasteiger partial charge in [-0.3, -0.25) is 14.4 Å². The first-order chi connectivity index (χ1) is 19.0. The molecule has 0 bridgehead atoms.